The summed E-state index contributed by atoms with van der Waals surface area (Å²) in [5.41, 5.74) is 0.617. The quantitative estimate of drug-likeness (QED) is 0.801. The normalized spacial score (nSPS) is 16.0. The zero-order chi connectivity index (χ0) is 15.2. The van der Waals surface area contributed by atoms with Crippen molar-refractivity contribution in [1.29, 1.82) is 0 Å². The fourth-order valence-electron chi connectivity index (χ4n) is 2.23. The predicted octanol–water partition coefficient (Wildman–Crippen LogP) is 2.51. The molecule has 1 aromatic carbocycles. The first-order valence-electron chi connectivity index (χ1n) is 7.39. The molecule has 1 saturated carbocycles. The molecule has 1 fully saturated rings. The lowest BCUT2D eigenvalue weighted by molar-refractivity contribution is -0.121. The first kappa shape index (κ1) is 15.9. The number of amides is 1. The molecule has 0 radical (unpaired) electrons. The van der Waals surface area contributed by atoms with Gasteiger partial charge in [-0.25, -0.2) is 4.39 Å². The Morgan fingerprint density at radius 3 is 2.67 bits per heavy atom. The minimum atomic E-state index is -0.309. The highest BCUT2D eigenvalue weighted by molar-refractivity contribution is 5.94. The third kappa shape index (κ3) is 5.10. The van der Waals surface area contributed by atoms with Crippen LogP contribution in [0.5, 0.6) is 0 Å². The van der Waals surface area contributed by atoms with Crippen LogP contribution in [0, 0.1) is 11.7 Å². The molecule has 0 spiro atoms. The molecule has 1 aliphatic carbocycles. The Bertz CT molecular complexity index is 460. The Labute approximate surface area is 125 Å². The number of nitrogens with one attached hydrogen (secondary N) is 1. The van der Waals surface area contributed by atoms with Crippen LogP contribution < -0.4 is 5.32 Å². The lowest BCUT2D eigenvalue weighted by Crippen LogP contribution is -2.44. The molecular formula is C16H23FN2O2. The van der Waals surface area contributed by atoms with Crippen molar-refractivity contribution in [2.45, 2.75) is 25.8 Å². The number of hydrogen-bond acceptors (Lipinski definition) is 3. The van der Waals surface area contributed by atoms with Crippen molar-refractivity contribution >= 4 is 11.6 Å². The molecule has 1 amide bonds. The van der Waals surface area contributed by atoms with Crippen molar-refractivity contribution in [3.05, 3.63) is 30.1 Å². The molecule has 116 valence electrons. The number of carbonyl (C=O) groups excluding carboxylic acids is 1. The fourth-order valence-corrected chi connectivity index (χ4v) is 2.23. The van der Waals surface area contributed by atoms with Gasteiger partial charge in [0, 0.05) is 25.9 Å². The number of rotatable bonds is 8. The highest BCUT2D eigenvalue weighted by Crippen LogP contribution is 2.30. The molecule has 5 heteroatoms. The summed E-state index contributed by atoms with van der Waals surface area (Å²) in [5, 5.41) is 2.83. The van der Waals surface area contributed by atoms with Crippen molar-refractivity contribution in [2.24, 2.45) is 5.92 Å². The number of benzene rings is 1. The monoisotopic (exact) mass is 294 g/mol. The number of ether oxygens (including phenoxy) is 1. The van der Waals surface area contributed by atoms with Crippen LogP contribution >= 0.6 is 0 Å². The lowest BCUT2D eigenvalue weighted by atomic mass is 10.2. The molecule has 0 bridgehead atoms. The lowest BCUT2D eigenvalue weighted by Gasteiger charge is -2.28. The number of hydrogen-bond donors (Lipinski definition) is 1. The summed E-state index contributed by atoms with van der Waals surface area (Å²) in [6.07, 6.45) is 2.49. The van der Waals surface area contributed by atoms with Gasteiger partial charge in [-0.2, -0.15) is 0 Å². The van der Waals surface area contributed by atoms with E-state index in [1.165, 1.54) is 25.0 Å². The SMILES string of the molecule is COCCN(CC1CC1)C(C)C(=O)Nc1ccc(F)cc1. The van der Waals surface area contributed by atoms with Gasteiger partial charge in [0.2, 0.25) is 5.91 Å². The number of anilines is 1. The summed E-state index contributed by atoms with van der Waals surface area (Å²) in [6.45, 7) is 4.18. The van der Waals surface area contributed by atoms with Gasteiger partial charge >= 0.3 is 0 Å². The molecule has 0 aliphatic heterocycles. The second-order valence-electron chi connectivity index (χ2n) is 5.60. The van der Waals surface area contributed by atoms with Crippen LogP contribution in [0.2, 0.25) is 0 Å². The van der Waals surface area contributed by atoms with E-state index in [0.29, 0.717) is 18.2 Å². The van der Waals surface area contributed by atoms with Crippen molar-refractivity contribution in [1.82, 2.24) is 4.90 Å². The van der Waals surface area contributed by atoms with Crippen molar-refractivity contribution in [3.8, 4) is 0 Å². The van der Waals surface area contributed by atoms with E-state index >= 15 is 0 Å². The number of halogens is 1. The average molecular weight is 294 g/mol. The Balaban J connectivity index is 1.92. The van der Waals surface area contributed by atoms with Crippen LogP contribution in [0.1, 0.15) is 19.8 Å². The molecule has 21 heavy (non-hydrogen) atoms. The third-order valence-corrected chi connectivity index (χ3v) is 3.81. The summed E-state index contributed by atoms with van der Waals surface area (Å²) < 4.78 is 18.0. The smallest absolute Gasteiger partial charge is 0.241 e. The molecular weight excluding hydrogens is 271 g/mol. The van der Waals surface area contributed by atoms with E-state index in [-0.39, 0.29) is 17.8 Å². The van der Waals surface area contributed by atoms with Crippen LogP contribution in [0.3, 0.4) is 0 Å². The van der Waals surface area contributed by atoms with E-state index in [1.807, 2.05) is 6.92 Å². The van der Waals surface area contributed by atoms with Gasteiger partial charge in [0.05, 0.1) is 12.6 Å². The van der Waals surface area contributed by atoms with Crippen molar-refractivity contribution in [2.75, 3.05) is 32.1 Å². The van der Waals surface area contributed by atoms with E-state index in [4.69, 9.17) is 4.74 Å². The topological polar surface area (TPSA) is 41.6 Å². The van der Waals surface area contributed by atoms with Crippen LogP contribution in [0.25, 0.3) is 0 Å². The Hall–Kier alpha value is -1.46. The van der Waals surface area contributed by atoms with Crippen molar-refractivity contribution < 1.29 is 13.9 Å². The Kier molecular flexibility index (Phi) is 5.70. The summed E-state index contributed by atoms with van der Waals surface area (Å²) in [4.78, 5) is 14.5. The number of carbonyl (C=O) groups is 1. The van der Waals surface area contributed by atoms with Crippen LogP contribution in [-0.2, 0) is 9.53 Å². The van der Waals surface area contributed by atoms with E-state index in [1.54, 1.807) is 19.2 Å². The van der Waals surface area contributed by atoms with Crippen LogP contribution in [0.15, 0.2) is 24.3 Å². The fraction of sp³-hybridized carbons (Fsp3) is 0.562. The van der Waals surface area contributed by atoms with E-state index in [9.17, 15) is 9.18 Å². The molecule has 0 saturated heterocycles. The van der Waals surface area contributed by atoms with E-state index in [0.717, 1.165) is 13.1 Å². The van der Waals surface area contributed by atoms with Gasteiger partial charge in [-0.1, -0.05) is 0 Å². The zero-order valence-electron chi connectivity index (χ0n) is 12.6. The summed E-state index contributed by atoms with van der Waals surface area (Å²) in [6, 6.07) is 5.59. The van der Waals surface area contributed by atoms with Gasteiger partial charge in [-0.3, -0.25) is 9.69 Å². The second kappa shape index (κ2) is 7.52. The Morgan fingerprint density at radius 2 is 2.10 bits per heavy atom. The number of methoxy groups -OCH3 is 1. The highest BCUT2D eigenvalue weighted by atomic mass is 19.1. The predicted molar refractivity (Wildman–Crippen MR) is 80.7 cm³/mol. The van der Waals surface area contributed by atoms with Crippen LogP contribution in [-0.4, -0.2) is 43.7 Å². The minimum absolute atomic E-state index is 0.0710. The molecule has 0 heterocycles. The van der Waals surface area contributed by atoms with Gasteiger partial charge in [-0.05, 0) is 49.9 Å². The first-order valence-corrected chi connectivity index (χ1v) is 7.39. The van der Waals surface area contributed by atoms with Crippen molar-refractivity contribution in [3.63, 3.8) is 0 Å². The second-order valence-corrected chi connectivity index (χ2v) is 5.60. The Morgan fingerprint density at radius 1 is 1.43 bits per heavy atom. The molecule has 0 aromatic heterocycles. The van der Waals surface area contributed by atoms with Gasteiger partial charge in [-0.15, -0.1) is 0 Å². The standard InChI is InChI=1S/C16H23FN2O2/c1-12(19(9-10-21-2)11-13-3-4-13)16(20)18-15-7-5-14(17)6-8-15/h5-8,12-13H,3-4,9-11H2,1-2H3,(H,18,20). The molecule has 1 unspecified atom stereocenters. The van der Waals surface area contributed by atoms with Gasteiger partial charge in [0.15, 0.2) is 0 Å². The van der Waals surface area contributed by atoms with E-state index < -0.39 is 0 Å². The third-order valence-electron chi connectivity index (χ3n) is 3.81. The first-order chi connectivity index (χ1) is 10.1. The van der Waals surface area contributed by atoms with Gasteiger partial charge in [0.1, 0.15) is 5.82 Å². The van der Waals surface area contributed by atoms with Gasteiger partial charge in [0.25, 0.3) is 0 Å². The molecule has 1 aliphatic rings. The summed E-state index contributed by atoms with van der Waals surface area (Å²) in [7, 11) is 1.67. The minimum Gasteiger partial charge on any atom is -0.383 e. The van der Waals surface area contributed by atoms with Gasteiger partial charge < -0.3 is 10.1 Å². The zero-order valence-corrected chi connectivity index (χ0v) is 12.6. The molecule has 1 atom stereocenters. The van der Waals surface area contributed by atoms with E-state index in [2.05, 4.69) is 10.2 Å². The summed E-state index contributed by atoms with van der Waals surface area (Å²) >= 11 is 0. The molecule has 4 nitrogen and oxygen atoms in total. The maximum absolute atomic E-state index is 12.9. The number of nitrogens with zero attached hydrogens (tertiary/aromatic N) is 1. The summed E-state index contributed by atoms with van der Waals surface area (Å²) in [5.74, 6) is 0.331. The molecule has 1 N–H and O–H groups in total. The van der Waals surface area contributed by atoms with Crippen LogP contribution in [0.4, 0.5) is 10.1 Å². The largest absolute Gasteiger partial charge is 0.383 e. The highest BCUT2D eigenvalue weighted by Gasteiger charge is 2.29. The molecule has 1 aromatic rings. The molecule has 2 rings (SSSR count). The maximum atomic E-state index is 12.9. The average Bonchev–Trinajstić information content (AvgIpc) is 3.29. The maximum Gasteiger partial charge on any atom is 0.241 e.